The molecule has 0 spiro atoms. The molecule has 0 aromatic rings. The zero-order valence-corrected chi connectivity index (χ0v) is 8.12. The standard InChI is InChI=1S/C6H15OPS/c1-5-8(4)7-9-6(2)3/h6,8H,4-5H2,1-3H3. The van der Waals surface area contributed by atoms with Gasteiger partial charge in [-0.2, -0.15) is 0 Å². The first-order valence-corrected chi connectivity index (χ1v) is 5.80. The maximum atomic E-state index is 5.36. The summed E-state index contributed by atoms with van der Waals surface area (Å²) in [7, 11) is -0.711. The quantitative estimate of drug-likeness (QED) is 0.469. The van der Waals surface area contributed by atoms with Gasteiger partial charge in [0.15, 0.2) is 0 Å². The van der Waals surface area contributed by atoms with Gasteiger partial charge in [-0.05, 0) is 18.2 Å². The molecule has 1 unspecified atom stereocenters. The first-order valence-electron chi connectivity index (χ1n) is 3.18. The van der Waals surface area contributed by atoms with Crippen LogP contribution in [0, 0.1) is 0 Å². The van der Waals surface area contributed by atoms with E-state index in [2.05, 4.69) is 27.1 Å². The van der Waals surface area contributed by atoms with Gasteiger partial charge in [0, 0.05) is 13.0 Å². The Morgan fingerprint density at radius 2 is 2.22 bits per heavy atom. The van der Waals surface area contributed by atoms with Gasteiger partial charge in [-0.1, -0.05) is 27.1 Å². The predicted molar refractivity (Wildman–Crippen MR) is 49.8 cm³/mol. The molecule has 0 amide bonds. The van der Waals surface area contributed by atoms with Crippen molar-refractivity contribution in [2.45, 2.75) is 26.0 Å². The van der Waals surface area contributed by atoms with E-state index in [0.29, 0.717) is 5.25 Å². The normalized spacial score (nSPS) is 14.2. The summed E-state index contributed by atoms with van der Waals surface area (Å²) in [6.07, 6.45) is 4.97. The highest BCUT2D eigenvalue weighted by atomic mass is 32.2. The molecule has 0 aromatic carbocycles. The summed E-state index contributed by atoms with van der Waals surface area (Å²) in [5.41, 5.74) is 0. The maximum absolute atomic E-state index is 5.36. The van der Waals surface area contributed by atoms with Gasteiger partial charge in [0.2, 0.25) is 0 Å². The molecule has 0 aliphatic heterocycles. The highest BCUT2D eigenvalue weighted by molar-refractivity contribution is 7.98. The predicted octanol–water partition coefficient (Wildman–Crippen LogP) is 2.64. The molecule has 0 rings (SSSR count). The van der Waals surface area contributed by atoms with Crippen molar-refractivity contribution in [1.29, 1.82) is 0 Å². The van der Waals surface area contributed by atoms with E-state index in [9.17, 15) is 0 Å². The molecule has 0 fully saturated rings. The molecule has 1 atom stereocenters. The molecule has 0 aliphatic carbocycles. The Morgan fingerprint density at radius 3 is 2.56 bits per heavy atom. The molecular formula is C6H15OPS. The molecule has 56 valence electrons. The van der Waals surface area contributed by atoms with Gasteiger partial charge in [0.05, 0.1) is 0 Å². The van der Waals surface area contributed by atoms with Gasteiger partial charge in [-0.3, -0.25) is 3.97 Å². The molecular weight excluding hydrogens is 151 g/mol. The molecule has 0 radical (unpaired) electrons. The van der Waals surface area contributed by atoms with Crippen molar-refractivity contribution >= 4 is 26.1 Å². The van der Waals surface area contributed by atoms with E-state index in [1.165, 1.54) is 0 Å². The molecule has 9 heavy (non-hydrogen) atoms. The molecule has 0 heterocycles. The summed E-state index contributed by atoms with van der Waals surface area (Å²) < 4.78 is 5.36. The molecule has 0 saturated carbocycles. The van der Waals surface area contributed by atoms with Crippen LogP contribution in [0.2, 0.25) is 0 Å². The average Bonchev–Trinajstić information content (AvgIpc) is 1.83. The fraction of sp³-hybridized carbons (Fsp3) is 0.833. The van der Waals surface area contributed by atoms with Crippen LogP contribution >= 0.6 is 19.8 Å². The highest BCUT2D eigenvalue weighted by Gasteiger charge is 1.94. The summed E-state index contributed by atoms with van der Waals surface area (Å²) in [4.78, 5) is 0. The third-order valence-corrected chi connectivity index (χ3v) is 3.25. The largest absolute Gasteiger partial charge is 0.299 e. The van der Waals surface area contributed by atoms with Crippen molar-refractivity contribution in [2.75, 3.05) is 6.16 Å². The SMILES string of the molecule is C=[PH](CC)OSC(C)C. The van der Waals surface area contributed by atoms with Gasteiger partial charge in [0.25, 0.3) is 0 Å². The lowest BCUT2D eigenvalue weighted by atomic mass is 10.6. The zero-order chi connectivity index (χ0) is 7.28. The summed E-state index contributed by atoms with van der Waals surface area (Å²) in [6.45, 7) is 6.35. The van der Waals surface area contributed by atoms with Crippen molar-refractivity contribution in [1.82, 2.24) is 0 Å². The third kappa shape index (κ3) is 6.50. The van der Waals surface area contributed by atoms with E-state index < -0.39 is 7.77 Å². The molecule has 3 heteroatoms. The Bertz CT molecular complexity index is 93.1. The maximum Gasteiger partial charge on any atom is 0.0258 e. The van der Waals surface area contributed by atoms with Crippen LogP contribution in [-0.4, -0.2) is 17.7 Å². The van der Waals surface area contributed by atoms with E-state index in [1.54, 1.807) is 12.0 Å². The molecule has 0 saturated heterocycles. The van der Waals surface area contributed by atoms with E-state index in [0.717, 1.165) is 6.16 Å². The van der Waals surface area contributed by atoms with Gasteiger partial charge in [-0.25, -0.2) is 0 Å². The third-order valence-electron chi connectivity index (χ3n) is 0.753. The number of hydrogen-bond acceptors (Lipinski definition) is 2. The van der Waals surface area contributed by atoms with E-state index in [1.807, 2.05) is 0 Å². The van der Waals surface area contributed by atoms with E-state index in [-0.39, 0.29) is 0 Å². The molecule has 0 aliphatic rings. The number of rotatable bonds is 4. The van der Waals surface area contributed by atoms with Crippen molar-refractivity contribution < 1.29 is 3.97 Å². The second-order valence-corrected chi connectivity index (χ2v) is 5.71. The van der Waals surface area contributed by atoms with Crippen LogP contribution in [0.5, 0.6) is 0 Å². The summed E-state index contributed by atoms with van der Waals surface area (Å²) >= 11 is 1.55. The first kappa shape index (κ1) is 9.61. The van der Waals surface area contributed by atoms with Crippen molar-refractivity contribution in [3.05, 3.63) is 0 Å². The van der Waals surface area contributed by atoms with Crippen LogP contribution in [0.15, 0.2) is 0 Å². The fourth-order valence-electron chi connectivity index (χ4n) is 0.223. The van der Waals surface area contributed by atoms with Crippen LogP contribution in [0.1, 0.15) is 20.8 Å². The molecule has 0 bridgehead atoms. The van der Waals surface area contributed by atoms with Crippen LogP contribution < -0.4 is 0 Å². The van der Waals surface area contributed by atoms with Gasteiger partial charge < -0.3 is 0 Å². The first-order chi connectivity index (χ1) is 4.16. The Labute approximate surface area is 62.9 Å². The fourth-order valence-corrected chi connectivity index (χ4v) is 2.01. The lowest BCUT2D eigenvalue weighted by Gasteiger charge is -2.05. The summed E-state index contributed by atoms with van der Waals surface area (Å²) in [5.74, 6) is 0. The molecule has 0 N–H and O–H groups in total. The second-order valence-electron chi connectivity index (χ2n) is 2.12. The van der Waals surface area contributed by atoms with Crippen LogP contribution in [0.3, 0.4) is 0 Å². The molecule has 0 aromatic heterocycles. The minimum atomic E-state index is -0.711. The van der Waals surface area contributed by atoms with E-state index >= 15 is 0 Å². The van der Waals surface area contributed by atoms with Crippen LogP contribution in [0.4, 0.5) is 0 Å². The van der Waals surface area contributed by atoms with Crippen molar-refractivity contribution in [3.63, 3.8) is 0 Å². The summed E-state index contributed by atoms with van der Waals surface area (Å²) in [5, 5.41) is 0.568. The summed E-state index contributed by atoms with van der Waals surface area (Å²) in [6, 6.07) is 0. The number of hydrogen-bond donors (Lipinski definition) is 0. The smallest absolute Gasteiger partial charge is 0.0258 e. The van der Waals surface area contributed by atoms with Gasteiger partial charge in [0.1, 0.15) is 0 Å². The van der Waals surface area contributed by atoms with Crippen molar-refractivity contribution in [2.24, 2.45) is 0 Å². The molecule has 1 nitrogen and oxygen atoms in total. The topological polar surface area (TPSA) is 9.23 Å². The Hall–Kier alpha value is 0.610. The minimum absolute atomic E-state index is 0.568. The van der Waals surface area contributed by atoms with Crippen molar-refractivity contribution in [3.8, 4) is 0 Å². The van der Waals surface area contributed by atoms with Crippen LogP contribution in [-0.2, 0) is 3.97 Å². The highest BCUT2D eigenvalue weighted by Crippen LogP contribution is 2.29. The van der Waals surface area contributed by atoms with Gasteiger partial charge in [-0.15, -0.1) is 0 Å². The monoisotopic (exact) mass is 166 g/mol. The van der Waals surface area contributed by atoms with E-state index in [4.69, 9.17) is 3.97 Å². The van der Waals surface area contributed by atoms with Crippen LogP contribution in [0.25, 0.3) is 0 Å². The lowest BCUT2D eigenvalue weighted by Crippen LogP contribution is -1.84. The Balaban J connectivity index is 3.17. The lowest BCUT2D eigenvalue weighted by molar-refractivity contribution is 0.725. The zero-order valence-electron chi connectivity index (χ0n) is 6.31. The second kappa shape index (κ2) is 5.40. The van der Waals surface area contributed by atoms with Gasteiger partial charge >= 0.3 is 0 Å². The Kier molecular flexibility index (Phi) is 5.77. The minimum Gasteiger partial charge on any atom is -0.299 e. The Morgan fingerprint density at radius 1 is 1.67 bits per heavy atom. The average molecular weight is 166 g/mol.